The van der Waals surface area contributed by atoms with E-state index >= 15 is 0 Å². The van der Waals surface area contributed by atoms with Gasteiger partial charge in [0.25, 0.3) is 0 Å². The molecule has 7 aromatic carbocycles. The maximum absolute atomic E-state index is 6.70. The molecule has 2 aromatic heterocycles. The molecule has 9 aromatic rings. The number of furan rings is 2. The molecule has 2 heterocycles. The molecule has 0 unspecified atom stereocenters. The van der Waals surface area contributed by atoms with Crippen molar-refractivity contribution in [2.24, 2.45) is 0 Å². The third kappa shape index (κ3) is 3.75. The van der Waals surface area contributed by atoms with Crippen LogP contribution in [-0.4, -0.2) is 0 Å². The highest BCUT2D eigenvalue weighted by Crippen LogP contribution is 2.45. The van der Waals surface area contributed by atoms with Gasteiger partial charge in [-0.25, -0.2) is 0 Å². The molecule has 0 saturated heterocycles. The van der Waals surface area contributed by atoms with Crippen LogP contribution in [0.4, 0.5) is 17.1 Å². The molecule has 9 rings (SSSR count). The third-order valence-electron chi connectivity index (χ3n) is 8.44. The smallest absolute Gasteiger partial charge is 0.159 e. The minimum Gasteiger partial charge on any atom is -0.456 e. The van der Waals surface area contributed by atoms with Crippen molar-refractivity contribution in [3.8, 4) is 11.1 Å². The van der Waals surface area contributed by atoms with Gasteiger partial charge in [-0.15, -0.1) is 0 Å². The van der Waals surface area contributed by atoms with Gasteiger partial charge >= 0.3 is 0 Å². The first-order valence-corrected chi connectivity index (χ1v) is 14.5. The molecule has 0 fully saturated rings. The molecule has 3 nitrogen and oxygen atoms in total. The Morgan fingerprint density at radius 3 is 2.05 bits per heavy atom. The summed E-state index contributed by atoms with van der Waals surface area (Å²) in [4.78, 5) is 2.28. The van der Waals surface area contributed by atoms with Crippen LogP contribution < -0.4 is 4.90 Å². The zero-order valence-corrected chi connectivity index (χ0v) is 23.2. The molecule has 43 heavy (non-hydrogen) atoms. The van der Waals surface area contributed by atoms with E-state index in [1.807, 2.05) is 18.2 Å². The largest absolute Gasteiger partial charge is 0.456 e. The average molecular weight is 552 g/mol. The number of benzene rings is 7. The van der Waals surface area contributed by atoms with Crippen LogP contribution in [0.5, 0.6) is 0 Å². The van der Waals surface area contributed by atoms with Gasteiger partial charge in [-0.2, -0.15) is 0 Å². The van der Waals surface area contributed by atoms with Gasteiger partial charge in [0.1, 0.15) is 16.7 Å². The SMILES string of the molecule is c1ccc(-c2cccc(N(c3ccc4c(c3)oc3ccccc34)c3cccc4c3oc3ccc5ccccc5c34)c2)cc1. The summed E-state index contributed by atoms with van der Waals surface area (Å²) in [5.74, 6) is 0. The lowest BCUT2D eigenvalue weighted by molar-refractivity contribution is 0.667. The van der Waals surface area contributed by atoms with E-state index in [9.17, 15) is 0 Å². The van der Waals surface area contributed by atoms with E-state index in [1.54, 1.807) is 0 Å². The van der Waals surface area contributed by atoms with E-state index < -0.39 is 0 Å². The number of para-hydroxylation sites is 2. The van der Waals surface area contributed by atoms with Crippen molar-refractivity contribution in [3.63, 3.8) is 0 Å². The van der Waals surface area contributed by atoms with Crippen LogP contribution in [0.1, 0.15) is 0 Å². The summed E-state index contributed by atoms with van der Waals surface area (Å²) in [5, 5.41) is 6.85. The second-order valence-corrected chi connectivity index (χ2v) is 10.9. The Kier molecular flexibility index (Phi) is 5.20. The fourth-order valence-electron chi connectivity index (χ4n) is 6.47. The highest BCUT2D eigenvalue weighted by molar-refractivity contribution is 6.21. The van der Waals surface area contributed by atoms with Crippen molar-refractivity contribution >= 4 is 71.7 Å². The molecule has 0 amide bonds. The van der Waals surface area contributed by atoms with E-state index in [4.69, 9.17) is 8.83 Å². The molecular weight excluding hydrogens is 526 g/mol. The maximum atomic E-state index is 6.70. The molecule has 0 saturated carbocycles. The van der Waals surface area contributed by atoms with Gasteiger partial charge in [0.2, 0.25) is 0 Å². The molecule has 0 N–H and O–H groups in total. The molecule has 202 valence electrons. The van der Waals surface area contributed by atoms with Crippen molar-refractivity contribution in [1.29, 1.82) is 0 Å². The lowest BCUT2D eigenvalue weighted by atomic mass is 10.0. The van der Waals surface area contributed by atoms with Crippen LogP contribution in [0.3, 0.4) is 0 Å². The van der Waals surface area contributed by atoms with E-state index in [-0.39, 0.29) is 0 Å². The van der Waals surface area contributed by atoms with Crippen LogP contribution in [0, 0.1) is 0 Å². The molecule has 0 aliphatic carbocycles. The Labute approximate surface area is 247 Å². The monoisotopic (exact) mass is 551 g/mol. The topological polar surface area (TPSA) is 29.5 Å². The van der Waals surface area contributed by atoms with E-state index in [0.29, 0.717) is 0 Å². The fourth-order valence-corrected chi connectivity index (χ4v) is 6.47. The maximum Gasteiger partial charge on any atom is 0.159 e. The summed E-state index contributed by atoms with van der Waals surface area (Å²) in [6.45, 7) is 0. The molecule has 0 atom stereocenters. The lowest BCUT2D eigenvalue weighted by Gasteiger charge is -2.26. The van der Waals surface area contributed by atoms with Gasteiger partial charge in [-0.05, 0) is 64.4 Å². The van der Waals surface area contributed by atoms with Gasteiger partial charge < -0.3 is 13.7 Å². The van der Waals surface area contributed by atoms with Crippen molar-refractivity contribution < 1.29 is 8.83 Å². The highest BCUT2D eigenvalue weighted by Gasteiger charge is 2.21. The average Bonchev–Trinajstić information content (AvgIpc) is 3.64. The Morgan fingerprint density at radius 1 is 0.395 bits per heavy atom. The first-order valence-electron chi connectivity index (χ1n) is 14.5. The van der Waals surface area contributed by atoms with Crippen LogP contribution in [0.15, 0.2) is 160 Å². The Balaban J connectivity index is 1.32. The normalized spacial score (nSPS) is 11.7. The zero-order chi connectivity index (χ0) is 28.3. The van der Waals surface area contributed by atoms with Gasteiger partial charge in [0.15, 0.2) is 5.58 Å². The summed E-state index contributed by atoms with van der Waals surface area (Å²) < 4.78 is 13.0. The van der Waals surface area contributed by atoms with E-state index in [1.165, 1.54) is 16.3 Å². The summed E-state index contributed by atoms with van der Waals surface area (Å²) in [6, 6.07) is 53.0. The van der Waals surface area contributed by atoms with Crippen LogP contribution in [0.2, 0.25) is 0 Å². The zero-order valence-electron chi connectivity index (χ0n) is 23.2. The van der Waals surface area contributed by atoms with Gasteiger partial charge in [-0.1, -0.05) is 103 Å². The quantitative estimate of drug-likeness (QED) is 0.218. The number of fused-ring (bicyclic) bond motifs is 8. The molecule has 0 bridgehead atoms. The van der Waals surface area contributed by atoms with Crippen molar-refractivity contribution in [2.75, 3.05) is 4.90 Å². The minimum atomic E-state index is 0.851. The van der Waals surface area contributed by atoms with Crippen molar-refractivity contribution in [3.05, 3.63) is 152 Å². The van der Waals surface area contributed by atoms with E-state index in [2.05, 4.69) is 138 Å². The lowest BCUT2D eigenvalue weighted by Crippen LogP contribution is -2.10. The Bertz CT molecular complexity index is 2470. The predicted octanol–water partition coefficient (Wildman–Crippen LogP) is 11.8. The van der Waals surface area contributed by atoms with Gasteiger partial charge in [0.05, 0.1) is 11.4 Å². The van der Waals surface area contributed by atoms with Gasteiger partial charge in [0, 0.05) is 33.3 Å². The van der Waals surface area contributed by atoms with Crippen LogP contribution in [-0.2, 0) is 0 Å². The fraction of sp³-hybridized carbons (Fsp3) is 0. The van der Waals surface area contributed by atoms with E-state index in [0.717, 1.165) is 66.5 Å². The molecule has 0 spiro atoms. The molecule has 0 aliphatic rings. The summed E-state index contributed by atoms with van der Waals surface area (Å²) in [5.41, 5.74) is 8.79. The number of anilines is 3. The summed E-state index contributed by atoms with van der Waals surface area (Å²) in [6.07, 6.45) is 0. The number of hydrogen-bond acceptors (Lipinski definition) is 3. The second kappa shape index (κ2) is 9.37. The van der Waals surface area contributed by atoms with Crippen LogP contribution >= 0.6 is 0 Å². The molecule has 3 heteroatoms. The molecular formula is C40H25NO2. The third-order valence-corrected chi connectivity index (χ3v) is 8.44. The second-order valence-electron chi connectivity index (χ2n) is 10.9. The molecule has 0 radical (unpaired) electrons. The standard InChI is InChI=1S/C40H25NO2/c1-2-10-26(11-3-1)28-13-8-14-29(24-28)41(30-21-22-33-32-16-6-7-19-36(32)42-38(33)25-30)35-18-9-17-34-39-31-15-5-4-12-27(31)20-23-37(39)43-40(34)35/h1-25H. The first-order chi connectivity index (χ1) is 21.3. The van der Waals surface area contributed by atoms with Crippen molar-refractivity contribution in [2.45, 2.75) is 0 Å². The van der Waals surface area contributed by atoms with Gasteiger partial charge in [-0.3, -0.25) is 0 Å². The number of hydrogen-bond donors (Lipinski definition) is 0. The van der Waals surface area contributed by atoms with Crippen LogP contribution in [0.25, 0.3) is 65.8 Å². The number of rotatable bonds is 4. The molecule has 0 aliphatic heterocycles. The number of nitrogens with zero attached hydrogens (tertiary/aromatic N) is 1. The Hall–Kier alpha value is -5.80. The van der Waals surface area contributed by atoms with Crippen molar-refractivity contribution in [1.82, 2.24) is 0 Å². The Morgan fingerprint density at radius 2 is 1.12 bits per heavy atom. The minimum absolute atomic E-state index is 0.851. The predicted molar refractivity (Wildman–Crippen MR) is 179 cm³/mol. The summed E-state index contributed by atoms with van der Waals surface area (Å²) in [7, 11) is 0. The first kappa shape index (κ1) is 23.9. The summed E-state index contributed by atoms with van der Waals surface area (Å²) >= 11 is 0. The highest BCUT2D eigenvalue weighted by atomic mass is 16.3.